The van der Waals surface area contributed by atoms with Crippen molar-refractivity contribution in [3.05, 3.63) is 70.9 Å². The topological polar surface area (TPSA) is 78.4 Å². The molecular weight excluding hydrogens is 462 g/mol. The molecule has 196 valence electrons. The van der Waals surface area contributed by atoms with Gasteiger partial charge in [0.25, 0.3) is 5.91 Å². The minimum absolute atomic E-state index is 0.00568. The van der Waals surface area contributed by atoms with Crippen LogP contribution in [-0.2, 0) is 4.79 Å². The molecule has 37 heavy (non-hydrogen) atoms. The normalized spacial score (nSPS) is 21.0. The SMILES string of the molecule is Cc1ncnc(C)c1C(=O)N1C=C2CN(CC[C@H](NC(=O)CC3CCCCC3)c3ccccc3)CC2C1. The first-order valence-corrected chi connectivity index (χ1v) is 13.8. The number of carbonyl (C=O) groups is 2. The summed E-state index contributed by atoms with van der Waals surface area (Å²) in [7, 11) is 0. The number of nitrogens with one attached hydrogen (secondary N) is 1. The number of hydrogen-bond acceptors (Lipinski definition) is 5. The van der Waals surface area contributed by atoms with Crippen molar-refractivity contribution >= 4 is 11.8 Å². The number of rotatable bonds is 8. The van der Waals surface area contributed by atoms with E-state index >= 15 is 0 Å². The van der Waals surface area contributed by atoms with Crippen molar-refractivity contribution in [2.75, 3.05) is 26.2 Å². The third-order valence-corrected chi connectivity index (χ3v) is 8.32. The Morgan fingerprint density at radius 1 is 1.03 bits per heavy atom. The molecule has 3 heterocycles. The van der Waals surface area contributed by atoms with Crippen LogP contribution in [0, 0.1) is 25.7 Å². The van der Waals surface area contributed by atoms with Gasteiger partial charge in [0.05, 0.1) is 23.0 Å². The average molecular weight is 502 g/mol. The molecule has 1 saturated heterocycles. The molecule has 2 aromatic rings. The molecule has 1 saturated carbocycles. The highest BCUT2D eigenvalue weighted by Crippen LogP contribution is 2.32. The molecule has 1 unspecified atom stereocenters. The van der Waals surface area contributed by atoms with Gasteiger partial charge in [0, 0.05) is 44.7 Å². The first kappa shape index (κ1) is 25.6. The van der Waals surface area contributed by atoms with Gasteiger partial charge in [0.15, 0.2) is 0 Å². The average Bonchev–Trinajstić information content (AvgIpc) is 3.47. The van der Waals surface area contributed by atoms with Crippen molar-refractivity contribution in [3.63, 3.8) is 0 Å². The van der Waals surface area contributed by atoms with Crippen LogP contribution in [0.25, 0.3) is 0 Å². The maximum atomic E-state index is 13.2. The molecule has 3 aliphatic rings. The Hall–Kier alpha value is -3.06. The summed E-state index contributed by atoms with van der Waals surface area (Å²) in [6.45, 7) is 7.16. The predicted molar refractivity (Wildman–Crippen MR) is 144 cm³/mol. The lowest BCUT2D eigenvalue weighted by atomic mass is 9.86. The van der Waals surface area contributed by atoms with E-state index in [1.165, 1.54) is 49.6 Å². The fraction of sp³-hybridized carbons (Fsp3) is 0.533. The zero-order valence-corrected chi connectivity index (χ0v) is 22.2. The van der Waals surface area contributed by atoms with Crippen molar-refractivity contribution in [1.29, 1.82) is 0 Å². The first-order chi connectivity index (χ1) is 18.0. The monoisotopic (exact) mass is 501 g/mol. The number of hydrogen-bond donors (Lipinski definition) is 1. The predicted octanol–water partition coefficient (Wildman–Crippen LogP) is 4.58. The largest absolute Gasteiger partial charge is 0.349 e. The van der Waals surface area contributed by atoms with E-state index in [1.807, 2.05) is 43.1 Å². The van der Waals surface area contributed by atoms with Gasteiger partial charge in [0.2, 0.25) is 5.91 Å². The van der Waals surface area contributed by atoms with Crippen LogP contribution in [0.1, 0.15) is 78.3 Å². The molecule has 0 spiro atoms. The van der Waals surface area contributed by atoms with E-state index in [2.05, 4.69) is 32.3 Å². The van der Waals surface area contributed by atoms with Gasteiger partial charge in [-0.1, -0.05) is 49.6 Å². The van der Waals surface area contributed by atoms with Crippen molar-refractivity contribution in [1.82, 2.24) is 25.1 Å². The second-order valence-electron chi connectivity index (χ2n) is 11.0. The summed E-state index contributed by atoms with van der Waals surface area (Å²) in [6, 6.07) is 10.4. The molecule has 2 atom stereocenters. The fourth-order valence-electron chi connectivity index (χ4n) is 6.28. The van der Waals surface area contributed by atoms with Crippen LogP contribution in [0.15, 0.2) is 48.4 Å². The van der Waals surface area contributed by atoms with E-state index in [-0.39, 0.29) is 17.9 Å². The lowest BCUT2D eigenvalue weighted by molar-refractivity contribution is -0.123. The van der Waals surface area contributed by atoms with Crippen molar-refractivity contribution in [2.24, 2.45) is 11.8 Å². The minimum atomic E-state index is -0.00568. The number of likely N-dealkylation sites (tertiary alicyclic amines) is 1. The zero-order chi connectivity index (χ0) is 25.8. The van der Waals surface area contributed by atoms with Crippen LogP contribution in [-0.4, -0.2) is 57.8 Å². The van der Waals surface area contributed by atoms with E-state index in [0.717, 1.165) is 37.4 Å². The van der Waals surface area contributed by atoms with Crippen LogP contribution in [0.2, 0.25) is 0 Å². The van der Waals surface area contributed by atoms with Gasteiger partial charge < -0.3 is 10.2 Å². The molecule has 2 aliphatic heterocycles. The third-order valence-electron chi connectivity index (χ3n) is 8.32. The van der Waals surface area contributed by atoms with Crippen molar-refractivity contribution < 1.29 is 9.59 Å². The van der Waals surface area contributed by atoms with Gasteiger partial charge in [-0.3, -0.25) is 14.5 Å². The molecule has 7 heteroatoms. The van der Waals surface area contributed by atoms with Crippen LogP contribution in [0.5, 0.6) is 0 Å². The zero-order valence-electron chi connectivity index (χ0n) is 22.2. The summed E-state index contributed by atoms with van der Waals surface area (Å²) < 4.78 is 0. The Bertz CT molecular complexity index is 1120. The number of amides is 2. The van der Waals surface area contributed by atoms with Gasteiger partial charge in [-0.25, -0.2) is 9.97 Å². The Labute approximate surface area is 220 Å². The maximum absolute atomic E-state index is 13.2. The van der Waals surface area contributed by atoms with Crippen LogP contribution < -0.4 is 5.32 Å². The smallest absolute Gasteiger partial charge is 0.261 e. The molecule has 2 amide bonds. The Balaban J connectivity index is 1.18. The number of nitrogens with zero attached hydrogens (tertiary/aromatic N) is 4. The van der Waals surface area contributed by atoms with Crippen LogP contribution in [0.4, 0.5) is 0 Å². The maximum Gasteiger partial charge on any atom is 0.261 e. The lowest BCUT2D eigenvalue weighted by Crippen LogP contribution is -2.34. The van der Waals surface area contributed by atoms with E-state index in [4.69, 9.17) is 0 Å². The molecule has 5 rings (SSSR count). The third kappa shape index (κ3) is 6.09. The quantitative estimate of drug-likeness (QED) is 0.573. The van der Waals surface area contributed by atoms with E-state index in [1.54, 1.807) is 0 Å². The molecule has 0 bridgehead atoms. The Morgan fingerprint density at radius 2 is 1.76 bits per heavy atom. The van der Waals surface area contributed by atoms with Crippen LogP contribution >= 0.6 is 0 Å². The summed E-state index contributed by atoms with van der Waals surface area (Å²) in [5.74, 6) is 1.08. The summed E-state index contributed by atoms with van der Waals surface area (Å²) >= 11 is 0. The molecule has 0 radical (unpaired) electrons. The molecule has 2 fully saturated rings. The van der Waals surface area contributed by atoms with Gasteiger partial charge >= 0.3 is 0 Å². The van der Waals surface area contributed by atoms with Crippen molar-refractivity contribution in [2.45, 2.75) is 64.8 Å². The number of benzene rings is 1. The Morgan fingerprint density at radius 3 is 2.46 bits per heavy atom. The highest BCUT2D eigenvalue weighted by atomic mass is 16.2. The molecule has 7 nitrogen and oxygen atoms in total. The number of fused-ring (bicyclic) bond motifs is 1. The molecule has 1 aromatic heterocycles. The molecular formula is C30H39N5O2. The van der Waals surface area contributed by atoms with Crippen LogP contribution in [0.3, 0.4) is 0 Å². The van der Waals surface area contributed by atoms with Gasteiger partial charge in [-0.2, -0.15) is 0 Å². The van der Waals surface area contributed by atoms with Gasteiger partial charge in [-0.05, 0) is 50.2 Å². The van der Waals surface area contributed by atoms with E-state index < -0.39 is 0 Å². The fourth-order valence-corrected chi connectivity index (χ4v) is 6.28. The first-order valence-electron chi connectivity index (χ1n) is 13.8. The summed E-state index contributed by atoms with van der Waals surface area (Å²) in [5.41, 5.74) is 4.56. The Kier molecular flexibility index (Phi) is 7.99. The number of carbonyl (C=O) groups excluding carboxylic acids is 2. The number of aromatic nitrogens is 2. The molecule has 1 aromatic carbocycles. The van der Waals surface area contributed by atoms with Gasteiger partial charge in [0.1, 0.15) is 6.33 Å². The highest BCUT2D eigenvalue weighted by Gasteiger charge is 2.36. The molecule has 1 N–H and O–H groups in total. The summed E-state index contributed by atoms with van der Waals surface area (Å²) in [6.07, 6.45) is 11.3. The summed E-state index contributed by atoms with van der Waals surface area (Å²) in [4.78, 5) is 38.8. The summed E-state index contributed by atoms with van der Waals surface area (Å²) in [5, 5.41) is 3.36. The lowest BCUT2D eigenvalue weighted by Gasteiger charge is -2.26. The van der Waals surface area contributed by atoms with Gasteiger partial charge in [-0.15, -0.1) is 0 Å². The van der Waals surface area contributed by atoms with E-state index in [0.29, 0.717) is 30.4 Å². The minimum Gasteiger partial charge on any atom is -0.349 e. The number of aryl methyl sites for hydroxylation is 2. The van der Waals surface area contributed by atoms with Crippen molar-refractivity contribution in [3.8, 4) is 0 Å². The second-order valence-corrected chi connectivity index (χ2v) is 11.0. The highest BCUT2D eigenvalue weighted by molar-refractivity contribution is 5.97. The molecule has 1 aliphatic carbocycles. The van der Waals surface area contributed by atoms with E-state index in [9.17, 15) is 9.59 Å². The standard InChI is InChI=1S/C30H39N5O2/c1-21-29(22(2)32-20-31-21)30(37)35-18-25-16-34(17-26(25)19-35)14-13-27(24-11-7-4-8-12-24)33-28(36)15-23-9-5-3-6-10-23/h4,7-8,11-12,18,20,23,26-27H,3,5-6,9-10,13-17,19H2,1-2H3,(H,33,36)/t26?,27-/m0/s1. The second kappa shape index (κ2) is 11.5.